The number of ether oxygens (including phenoxy) is 3. The molecule has 0 saturated carbocycles. The van der Waals surface area contributed by atoms with Gasteiger partial charge in [-0.1, -0.05) is 0 Å². The zero-order chi connectivity index (χ0) is 16.9. The van der Waals surface area contributed by atoms with Gasteiger partial charge in [0.25, 0.3) is 5.79 Å². The van der Waals surface area contributed by atoms with Crippen molar-refractivity contribution in [3.8, 4) is 0 Å². The van der Waals surface area contributed by atoms with Crippen LogP contribution in [-0.2, 0) is 23.8 Å². The first-order chi connectivity index (χ1) is 10.00. The molecule has 0 aromatic carbocycles. The fraction of sp³-hybridized carbons (Fsp3) is 0.769. The van der Waals surface area contributed by atoms with Gasteiger partial charge in [0.2, 0.25) is 5.91 Å². The van der Waals surface area contributed by atoms with Crippen LogP contribution in [0.25, 0.3) is 0 Å². The molecule has 0 radical (unpaired) electrons. The number of amides is 1. The van der Waals surface area contributed by atoms with E-state index in [1.165, 1.54) is 30.5 Å². The van der Waals surface area contributed by atoms with Gasteiger partial charge in [0.15, 0.2) is 0 Å². The SMILES string of the molecule is COC(=O)OC(C)(C)OC(=O)[C@@H]1N2C(=O)[C@@H](N)[C@H]2SC1(C)C. The van der Waals surface area contributed by atoms with Crippen molar-refractivity contribution < 1.29 is 28.6 Å². The molecule has 2 aliphatic rings. The molecule has 2 rings (SSSR count). The van der Waals surface area contributed by atoms with E-state index in [2.05, 4.69) is 4.74 Å². The van der Waals surface area contributed by atoms with Crippen LogP contribution in [0.3, 0.4) is 0 Å². The lowest BCUT2D eigenvalue weighted by Gasteiger charge is -2.42. The summed E-state index contributed by atoms with van der Waals surface area (Å²) >= 11 is 1.46. The van der Waals surface area contributed by atoms with Crippen LogP contribution in [0.5, 0.6) is 0 Å². The molecule has 8 nitrogen and oxygen atoms in total. The molecule has 2 aliphatic heterocycles. The monoisotopic (exact) mass is 332 g/mol. The van der Waals surface area contributed by atoms with Gasteiger partial charge in [0, 0.05) is 18.6 Å². The van der Waals surface area contributed by atoms with Crippen molar-refractivity contribution in [1.29, 1.82) is 0 Å². The molecule has 0 aliphatic carbocycles. The fourth-order valence-corrected chi connectivity index (χ4v) is 4.15. The van der Waals surface area contributed by atoms with Crippen molar-refractivity contribution in [2.24, 2.45) is 5.73 Å². The molecule has 0 spiro atoms. The summed E-state index contributed by atoms with van der Waals surface area (Å²) in [4.78, 5) is 37.0. The lowest BCUT2D eigenvalue weighted by Crippen LogP contribution is -2.69. The summed E-state index contributed by atoms with van der Waals surface area (Å²) in [5.74, 6) is -2.43. The molecule has 124 valence electrons. The normalized spacial score (nSPS) is 29.5. The molecule has 1 amide bonds. The highest BCUT2D eigenvalue weighted by Gasteiger charge is 2.63. The Bertz CT molecular complexity index is 521. The number of hydrogen-bond donors (Lipinski definition) is 1. The van der Waals surface area contributed by atoms with Gasteiger partial charge in [0.1, 0.15) is 17.5 Å². The summed E-state index contributed by atoms with van der Waals surface area (Å²) < 4.78 is 14.0. The van der Waals surface area contributed by atoms with Gasteiger partial charge in [-0.2, -0.15) is 0 Å². The van der Waals surface area contributed by atoms with E-state index in [9.17, 15) is 14.4 Å². The zero-order valence-electron chi connectivity index (χ0n) is 13.1. The molecule has 9 heteroatoms. The van der Waals surface area contributed by atoms with Gasteiger partial charge in [-0.15, -0.1) is 11.8 Å². The standard InChI is InChI=1S/C13H20N2O6S/c1-12(2)7(15-8(16)6(14)9(15)22-12)10(17)20-13(3,4)21-11(18)19-5/h6-7,9H,14H2,1-5H3/t6-,7+,9-/m1/s1. The molecule has 0 aromatic heterocycles. The Hall–Kier alpha value is -1.48. The molecular formula is C13H20N2O6S. The molecule has 0 bridgehead atoms. The summed E-state index contributed by atoms with van der Waals surface area (Å²) in [6.07, 6.45) is -0.960. The summed E-state index contributed by atoms with van der Waals surface area (Å²) in [5.41, 5.74) is 5.75. The number of hydrogen-bond acceptors (Lipinski definition) is 8. The summed E-state index contributed by atoms with van der Waals surface area (Å²) in [5, 5.41) is -0.232. The minimum Gasteiger partial charge on any atom is -0.438 e. The van der Waals surface area contributed by atoms with Crippen molar-refractivity contribution in [2.75, 3.05) is 7.11 Å². The first-order valence-corrected chi connectivity index (χ1v) is 7.63. The number of β-lactam (4-membered cyclic amide) rings is 1. The second-order valence-electron chi connectivity index (χ2n) is 6.16. The van der Waals surface area contributed by atoms with E-state index in [1.54, 1.807) is 0 Å². The Morgan fingerprint density at radius 1 is 1.32 bits per heavy atom. The lowest BCUT2D eigenvalue weighted by atomic mass is 9.96. The van der Waals surface area contributed by atoms with Crippen LogP contribution >= 0.6 is 11.8 Å². The first kappa shape index (κ1) is 16.9. The highest BCUT2D eigenvalue weighted by molar-refractivity contribution is 8.01. The maximum Gasteiger partial charge on any atom is 0.511 e. The Morgan fingerprint density at radius 2 is 1.91 bits per heavy atom. The molecule has 2 N–H and O–H groups in total. The molecule has 0 unspecified atom stereocenters. The van der Waals surface area contributed by atoms with Gasteiger partial charge in [-0.05, 0) is 13.8 Å². The van der Waals surface area contributed by atoms with Crippen LogP contribution in [0.15, 0.2) is 0 Å². The first-order valence-electron chi connectivity index (χ1n) is 6.75. The van der Waals surface area contributed by atoms with Gasteiger partial charge >= 0.3 is 12.1 Å². The number of esters is 1. The summed E-state index contributed by atoms with van der Waals surface area (Å²) in [6, 6.07) is -1.38. The predicted octanol–water partition coefficient (Wildman–Crippen LogP) is 0.438. The number of rotatable bonds is 3. The number of methoxy groups -OCH3 is 1. The Kier molecular flexibility index (Phi) is 4.07. The van der Waals surface area contributed by atoms with Gasteiger partial charge in [-0.3, -0.25) is 4.79 Å². The Labute approximate surface area is 132 Å². The maximum absolute atomic E-state index is 12.5. The predicted molar refractivity (Wildman–Crippen MR) is 77.7 cm³/mol. The minimum atomic E-state index is -1.50. The highest BCUT2D eigenvalue weighted by atomic mass is 32.2. The van der Waals surface area contributed by atoms with E-state index in [0.717, 1.165) is 7.11 Å². The Balaban J connectivity index is 2.12. The van der Waals surface area contributed by atoms with Crippen LogP contribution in [0.2, 0.25) is 0 Å². The third kappa shape index (κ3) is 2.74. The fourth-order valence-electron chi connectivity index (χ4n) is 2.58. The average molecular weight is 332 g/mol. The molecular weight excluding hydrogens is 312 g/mol. The Morgan fingerprint density at radius 3 is 2.45 bits per heavy atom. The number of thioether (sulfide) groups is 1. The summed E-state index contributed by atoms with van der Waals surface area (Å²) in [7, 11) is 1.15. The van der Waals surface area contributed by atoms with E-state index in [0.29, 0.717) is 0 Å². The molecule has 3 atom stereocenters. The van der Waals surface area contributed by atoms with Crippen molar-refractivity contribution >= 4 is 29.8 Å². The van der Waals surface area contributed by atoms with E-state index in [1.807, 2.05) is 13.8 Å². The van der Waals surface area contributed by atoms with Crippen molar-refractivity contribution in [2.45, 2.75) is 55.7 Å². The number of carbonyl (C=O) groups is 3. The minimum absolute atomic E-state index is 0.232. The lowest BCUT2D eigenvalue weighted by molar-refractivity contribution is -0.207. The van der Waals surface area contributed by atoms with Crippen molar-refractivity contribution in [1.82, 2.24) is 4.90 Å². The highest BCUT2D eigenvalue weighted by Crippen LogP contribution is 2.50. The number of nitrogens with zero attached hydrogens (tertiary/aromatic N) is 1. The quantitative estimate of drug-likeness (QED) is 0.450. The topological polar surface area (TPSA) is 108 Å². The largest absolute Gasteiger partial charge is 0.511 e. The third-order valence-electron chi connectivity index (χ3n) is 3.55. The smallest absolute Gasteiger partial charge is 0.438 e. The van der Waals surface area contributed by atoms with Crippen LogP contribution in [0, 0.1) is 0 Å². The van der Waals surface area contributed by atoms with Gasteiger partial charge in [-0.25, -0.2) is 9.59 Å². The molecule has 2 fully saturated rings. The van der Waals surface area contributed by atoms with Gasteiger partial charge < -0.3 is 24.8 Å². The molecule has 0 aromatic rings. The third-order valence-corrected chi connectivity index (χ3v) is 5.14. The van der Waals surface area contributed by atoms with E-state index in [-0.39, 0.29) is 11.3 Å². The average Bonchev–Trinajstić information content (AvgIpc) is 2.65. The van der Waals surface area contributed by atoms with E-state index < -0.39 is 34.7 Å². The van der Waals surface area contributed by atoms with E-state index in [4.69, 9.17) is 15.2 Å². The number of fused-ring (bicyclic) bond motifs is 1. The molecule has 2 heterocycles. The maximum atomic E-state index is 12.5. The second kappa shape index (κ2) is 5.31. The molecule has 2 saturated heterocycles. The zero-order valence-corrected chi connectivity index (χ0v) is 13.9. The van der Waals surface area contributed by atoms with Gasteiger partial charge in [0.05, 0.1) is 7.11 Å². The van der Waals surface area contributed by atoms with Crippen LogP contribution in [0.4, 0.5) is 4.79 Å². The second-order valence-corrected chi connectivity index (χ2v) is 7.93. The number of carbonyl (C=O) groups excluding carboxylic acids is 3. The van der Waals surface area contributed by atoms with E-state index >= 15 is 0 Å². The van der Waals surface area contributed by atoms with Crippen molar-refractivity contribution in [3.05, 3.63) is 0 Å². The van der Waals surface area contributed by atoms with Crippen LogP contribution in [-0.4, -0.2) is 58.0 Å². The number of nitrogens with two attached hydrogens (primary N) is 1. The van der Waals surface area contributed by atoms with Crippen LogP contribution in [0.1, 0.15) is 27.7 Å². The van der Waals surface area contributed by atoms with Crippen LogP contribution < -0.4 is 5.73 Å². The summed E-state index contributed by atoms with van der Waals surface area (Å²) in [6.45, 7) is 6.52. The van der Waals surface area contributed by atoms with Crippen molar-refractivity contribution in [3.63, 3.8) is 0 Å². The molecule has 22 heavy (non-hydrogen) atoms.